The van der Waals surface area contributed by atoms with Gasteiger partial charge in [0, 0.05) is 31.2 Å². The molecule has 192 valence electrons. The van der Waals surface area contributed by atoms with Crippen molar-refractivity contribution in [1.82, 2.24) is 5.32 Å². The van der Waals surface area contributed by atoms with E-state index in [4.69, 9.17) is 24.0 Å². The van der Waals surface area contributed by atoms with Crippen molar-refractivity contribution in [3.8, 4) is 0 Å². The Balaban J connectivity index is 1.16. The lowest BCUT2D eigenvalue weighted by Crippen LogP contribution is -2.70. The van der Waals surface area contributed by atoms with Crippen molar-refractivity contribution in [3.63, 3.8) is 0 Å². The van der Waals surface area contributed by atoms with Crippen molar-refractivity contribution >= 4 is 11.9 Å². The number of hydrogen-bond acceptors (Lipinski definition) is 7. The van der Waals surface area contributed by atoms with Crippen LogP contribution in [0.15, 0.2) is 30.3 Å². The molecule has 5 fully saturated rings. The summed E-state index contributed by atoms with van der Waals surface area (Å²) >= 11 is 0. The fraction of sp³-hybridized carbons (Fsp3) is 0.704. The minimum absolute atomic E-state index is 0.00205. The number of amides is 1. The molecule has 1 aromatic rings. The van der Waals surface area contributed by atoms with Crippen molar-refractivity contribution in [1.29, 1.82) is 0 Å². The van der Waals surface area contributed by atoms with E-state index in [2.05, 4.69) is 12.2 Å². The third-order valence-corrected chi connectivity index (χ3v) is 8.48. The minimum Gasteiger partial charge on any atom is -0.435 e. The van der Waals surface area contributed by atoms with Gasteiger partial charge < -0.3 is 19.5 Å². The molecule has 4 aliphatic heterocycles. The van der Waals surface area contributed by atoms with Gasteiger partial charge in [0.05, 0.1) is 6.42 Å². The Labute approximate surface area is 206 Å². The van der Waals surface area contributed by atoms with E-state index in [1.54, 1.807) is 0 Å². The molecule has 6 rings (SSSR count). The molecule has 4 heterocycles. The van der Waals surface area contributed by atoms with Crippen LogP contribution in [0.25, 0.3) is 0 Å². The molecule has 35 heavy (non-hydrogen) atoms. The molecule has 4 saturated heterocycles. The zero-order chi connectivity index (χ0) is 24.6. The number of rotatable bonds is 7. The summed E-state index contributed by atoms with van der Waals surface area (Å²) in [6.07, 6.45) is 3.12. The lowest BCUT2D eigenvalue weighted by Gasteiger charge is -2.59. The van der Waals surface area contributed by atoms with Gasteiger partial charge in [0.2, 0.25) is 18.0 Å². The summed E-state index contributed by atoms with van der Waals surface area (Å²) in [4.78, 5) is 36.8. The smallest absolute Gasteiger partial charge is 0.308 e. The molecule has 0 radical (unpaired) electrons. The first kappa shape index (κ1) is 24.7. The largest absolute Gasteiger partial charge is 0.435 e. The Morgan fingerprint density at radius 1 is 1.06 bits per heavy atom. The summed E-state index contributed by atoms with van der Waals surface area (Å²) in [5.41, 5.74) is 0.472. The molecule has 8 nitrogen and oxygen atoms in total. The fourth-order valence-electron chi connectivity index (χ4n) is 6.49. The van der Waals surface area contributed by atoms with Gasteiger partial charge >= 0.3 is 5.97 Å². The highest BCUT2D eigenvalue weighted by Crippen LogP contribution is 2.60. The van der Waals surface area contributed by atoms with E-state index in [-0.39, 0.29) is 36.5 Å². The van der Waals surface area contributed by atoms with Crippen LogP contribution in [0.5, 0.6) is 0 Å². The van der Waals surface area contributed by atoms with E-state index in [9.17, 15) is 9.59 Å². The SMILES string of the molecule is C[C@H]1[C@H](OC(=O)CCC(=O)NCCc2ccccc2)O[C@@H]2O[C@]3(C)CC[C@H]4[C@H](C)CC[C@@H]1C24OO3. The topological polar surface area (TPSA) is 92.3 Å². The van der Waals surface area contributed by atoms with Gasteiger partial charge in [-0.1, -0.05) is 44.2 Å². The highest BCUT2D eigenvalue weighted by Gasteiger charge is 2.69. The quantitative estimate of drug-likeness (QED) is 0.461. The number of esters is 1. The Morgan fingerprint density at radius 2 is 1.86 bits per heavy atom. The second kappa shape index (κ2) is 9.81. The monoisotopic (exact) mass is 487 g/mol. The Kier molecular flexibility index (Phi) is 6.92. The van der Waals surface area contributed by atoms with E-state index < -0.39 is 29.9 Å². The van der Waals surface area contributed by atoms with Gasteiger partial charge in [-0.2, -0.15) is 0 Å². The lowest BCUT2D eigenvalue weighted by atomic mass is 9.58. The predicted molar refractivity (Wildman–Crippen MR) is 125 cm³/mol. The van der Waals surface area contributed by atoms with Gasteiger partial charge in [0.15, 0.2) is 11.9 Å². The molecule has 1 spiro atoms. The highest BCUT2D eigenvalue weighted by molar-refractivity contribution is 5.81. The Bertz CT molecular complexity index is 925. The summed E-state index contributed by atoms with van der Waals surface area (Å²) in [5.74, 6) is -0.750. The highest BCUT2D eigenvalue weighted by atomic mass is 17.3. The predicted octanol–water partition coefficient (Wildman–Crippen LogP) is 3.88. The molecule has 1 amide bonds. The third-order valence-electron chi connectivity index (χ3n) is 8.48. The van der Waals surface area contributed by atoms with Gasteiger partial charge in [0.25, 0.3) is 0 Å². The third kappa shape index (κ3) is 4.73. The maximum atomic E-state index is 12.7. The Hall–Kier alpha value is -2.00. The summed E-state index contributed by atoms with van der Waals surface area (Å²) < 4.78 is 18.3. The first-order valence-electron chi connectivity index (χ1n) is 13.0. The van der Waals surface area contributed by atoms with Crippen molar-refractivity contribution < 1.29 is 33.6 Å². The van der Waals surface area contributed by atoms with Crippen molar-refractivity contribution in [2.45, 2.75) is 89.7 Å². The zero-order valence-electron chi connectivity index (χ0n) is 20.9. The van der Waals surface area contributed by atoms with Crippen LogP contribution in [0.2, 0.25) is 0 Å². The maximum Gasteiger partial charge on any atom is 0.308 e. The molecule has 8 atom stereocenters. The van der Waals surface area contributed by atoms with Gasteiger partial charge in [-0.3, -0.25) is 9.59 Å². The second-order valence-electron chi connectivity index (χ2n) is 10.8. The molecule has 2 bridgehead atoms. The van der Waals surface area contributed by atoms with E-state index >= 15 is 0 Å². The molecule has 1 unspecified atom stereocenters. The van der Waals surface area contributed by atoms with E-state index in [0.717, 1.165) is 37.7 Å². The maximum absolute atomic E-state index is 12.7. The molecule has 1 aromatic carbocycles. The van der Waals surface area contributed by atoms with Crippen LogP contribution < -0.4 is 5.32 Å². The fourth-order valence-corrected chi connectivity index (χ4v) is 6.49. The molecule has 1 N–H and O–H groups in total. The molecule has 1 saturated carbocycles. The van der Waals surface area contributed by atoms with E-state index in [0.29, 0.717) is 12.5 Å². The number of nitrogens with one attached hydrogen (secondary N) is 1. The summed E-state index contributed by atoms with van der Waals surface area (Å²) in [6, 6.07) is 9.96. The van der Waals surface area contributed by atoms with Crippen LogP contribution in [-0.2, 0) is 40.0 Å². The molecule has 8 heteroatoms. The number of ether oxygens (including phenoxy) is 3. The molecular weight excluding hydrogens is 450 g/mol. The number of hydrogen-bond donors (Lipinski definition) is 1. The molecular formula is C27H37NO7. The number of benzene rings is 1. The van der Waals surface area contributed by atoms with Crippen LogP contribution in [0.4, 0.5) is 0 Å². The number of carbonyl (C=O) groups is 2. The first-order valence-corrected chi connectivity index (χ1v) is 13.0. The van der Waals surface area contributed by atoms with Crippen LogP contribution in [-0.4, -0.2) is 42.4 Å². The minimum atomic E-state index is -0.871. The summed E-state index contributed by atoms with van der Waals surface area (Å²) in [5, 5.41) is 2.87. The van der Waals surface area contributed by atoms with Crippen LogP contribution in [0.3, 0.4) is 0 Å². The summed E-state index contributed by atoms with van der Waals surface area (Å²) in [7, 11) is 0. The molecule has 5 aliphatic rings. The van der Waals surface area contributed by atoms with Gasteiger partial charge in [-0.25, -0.2) is 9.78 Å². The van der Waals surface area contributed by atoms with Crippen LogP contribution in [0.1, 0.15) is 64.9 Å². The number of fused-ring (bicyclic) bond motifs is 2. The van der Waals surface area contributed by atoms with E-state index in [1.165, 1.54) is 0 Å². The standard InChI is InChI=1S/C27H37NO7/c1-17-9-10-21-18(2)24(32-25-27(21)20(17)13-15-26(3,33-25)34-35-27)31-23(30)12-11-22(29)28-16-14-19-7-5-4-6-8-19/h4-8,17-18,20-21,24-25H,9-16H2,1-3H3,(H,28,29)/t17-,18-,20+,21+,24-,25-,26+,27?/m1/s1. The summed E-state index contributed by atoms with van der Waals surface area (Å²) in [6.45, 7) is 6.71. The first-order chi connectivity index (χ1) is 16.8. The second-order valence-corrected chi connectivity index (χ2v) is 10.8. The lowest BCUT2D eigenvalue weighted by molar-refractivity contribution is -0.576. The average Bonchev–Trinajstić information content (AvgIpc) is 3.07. The van der Waals surface area contributed by atoms with Crippen molar-refractivity contribution in [2.24, 2.45) is 23.7 Å². The van der Waals surface area contributed by atoms with Crippen LogP contribution in [0, 0.1) is 23.7 Å². The van der Waals surface area contributed by atoms with Gasteiger partial charge in [-0.15, -0.1) is 0 Å². The van der Waals surface area contributed by atoms with Crippen molar-refractivity contribution in [3.05, 3.63) is 35.9 Å². The Morgan fingerprint density at radius 3 is 2.66 bits per heavy atom. The van der Waals surface area contributed by atoms with Crippen molar-refractivity contribution in [2.75, 3.05) is 6.54 Å². The number of carbonyl (C=O) groups excluding carboxylic acids is 2. The van der Waals surface area contributed by atoms with Crippen LogP contribution >= 0.6 is 0 Å². The molecule has 0 aromatic heterocycles. The molecule has 1 aliphatic carbocycles. The zero-order valence-corrected chi connectivity index (χ0v) is 20.9. The van der Waals surface area contributed by atoms with Gasteiger partial charge in [-0.05, 0) is 50.0 Å². The van der Waals surface area contributed by atoms with Gasteiger partial charge in [0.1, 0.15) is 0 Å². The normalized spacial score (nSPS) is 39.9. The van der Waals surface area contributed by atoms with E-state index in [1.807, 2.05) is 44.2 Å². The average molecular weight is 488 g/mol.